The van der Waals surface area contributed by atoms with Crippen LogP contribution >= 0.6 is 0 Å². The van der Waals surface area contributed by atoms with Gasteiger partial charge in [-0.15, -0.1) is 0 Å². The summed E-state index contributed by atoms with van der Waals surface area (Å²) in [5.41, 5.74) is 0. The van der Waals surface area contributed by atoms with E-state index < -0.39 is 0 Å². The third-order valence-electron chi connectivity index (χ3n) is 5.09. The van der Waals surface area contributed by atoms with E-state index in [2.05, 4.69) is 24.5 Å². The molecule has 0 aliphatic carbocycles. The highest BCUT2D eigenvalue weighted by atomic mass is 16.1. The van der Waals surface area contributed by atoms with Crippen molar-refractivity contribution < 1.29 is 4.79 Å². The number of nitrogens with one attached hydrogen (secondary N) is 2. The van der Waals surface area contributed by atoms with Gasteiger partial charge in [0.2, 0.25) is 5.91 Å². The summed E-state index contributed by atoms with van der Waals surface area (Å²) in [7, 11) is 0. The Bertz CT molecular complexity index is 281. The van der Waals surface area contributed by atoms with Gasteiger partial charge in [0.25, 0.3) is 0 Å². The zero-order valence-electron chi connectivity index (χ0n) is 18.1. The molecule has 0 aliphatic heterocycles. The highest BCUT2D eigenvalue weighted by Gasteiger charge is 2.00. The molecule has 0 unspecified atom stereocenters. The summed E-state index contributed by atoms with van der Waals surface area (Å²) in [4.78, 5) is 11.7. The zero-order valence-corrected chi connectivity index (χ0v) is 18.1. The predicted octanol–water partition coefficient (Wildman–Crippen LogP) is 6.36. The minimum atomic E-state index is 0.203. The van der Waals surface area contributed by atoms with E-state index in [0.29, 0.717) is 6.42 Å². The van der Waals surface area contributed by atoms with Crippen LogP contribution in [0.5, 0.6) is 0 Å². The normalized spacial score (nSPS) is 11.0. The Morgan fingerprint density at radius 3 is 1.50 bits per heavy atom. The van der Waals surface area contributed by atoms with Crippen LogP contribution in [0.15, 0.2) is 0 Å². The number of unbranched alkanes of at least 4 members (excludes halogenated alkanes) is 14. The molecule has 0 rings (SSSR count). The Morgan fingerprint density at radius 1 is 0.538 bits per heavy atom. The van der Waals surface area contributed by atoms with E-state index in [-0.39, 0.29) is 5.91 Å². The van der Waals surface area contributed by atoms with Crippen LogP contribution in [0.2, 0.25) is 0 Å². The highest BCUT2D eigenvalue weighted by molar-refractivity contribution is 5.75. The maximum Gasteiger partial charge on any atom is 0.221 e. The molecule has 3 heteroatoms. The largest absolute Gasteiger partial charge is 0.356 e. The molecule has 0 bridgehead atoms. The van der Waals surface area contributed by atoms with Gasteiger partial charge in [0.15, 0.2) is 0 Å². The number of carbonyl (C=O) groups excluding carboxylic acids is 1. The van der Waals surface area contributed by atoms with Crippen molar-refractivity contribution in [2.75, 3.05) is 19.6 Å². The summed E-state index contributed by atoms with van der Waals surface area (Å²) in [5.74, 6) is 0.203. The van der Waals surface area contributed by atoms with Crippen LogP contribution < -0.4 is 10.6 Å². The van der Waals surface area contributed by atoms with Crippen molar-refractivity contribution in [3.05, 3.63) is 0 Å². The van der Waals surface area contributed by atoms with Crippen LogP contribution in [-0.2, 0) is 4.79 Å². The molecule has 0 aliphatic rings. The fourth-order valence-corrected chi connectivity index (χ4v) is 3.29. The Morgan fingerprint density at radius 2 is 0.962 bits per heavy atom. The lowest BCUT2D eigenvalue weighted by Crippen LogP contribution is -2.28. The lowest BCUT2D eigenvalue weighted by molar-refractivity contribution is -0.121. The summed E-state index contributed by atoms with van der Waals surface area (Å²) < 4.78 is 0. The average Bonchev–Trinajstić information content (AvgIpc) is 2.64. The summed E-state index contributed by atoms with van der Waals surface area (Å²) in [6.45, 7) is 7.22. The topological polar surface area (TPSA) is 41.1 Å². The first-order valence-corrected chi connectivity index (χ1v) is 11.8. The molecule has 0 fully saturated rings. The fourth-order valence-electron chi connectivity index (χ4n) is 3.29. The Labute approximate surface area is 164 Å². The van der Waals surface area contributed by atoms with Crippen LogP contribution in [0.25, 0.3) is 0 Å². The molecule has 156 valence electrons. The molecule has 0 aromatic rings. The van der Waals surface area contributed by atoms with Crippen molar-refractivity contribution in [3.8, 4) is 0 Å². The first-order chi connectivity index (χ1) is 12.8. The predicted molar refractivity (Wildman–Crippen MR) is 116 cm³/mol. The molecule has 26 heavy (non-hydrogen) atoms. The Hall–Kier alpha value is -0.570. The monoisotopic (exact) mass is 368 g/mol. The van der Waals surface area contributed by atoms with Crippen LogP contribution in [0, 0.1) is 0 Å². The summed E-state index contributed by atoms with van der Waals surface area (Å²) >= 11 is 0. The Kier molecular flexibility index (Phi) is 22.0. The molecule has 1 amide bonds. The highest BCUT2D eigenvalue weighted by Crippen LogP contribution is 2.11. The number of carbonyl (C=O) groups is 1. The first kappa shape index (κ1) is 25.4. The van der Waals surface area contributed by atoms with Gasteiger partial charge in [-0.05, 0) is 19.4 Å². The maximum absolute atomic E-state index is 11.7. The molecule has 0 radical (unpaired) electrons. The molecule has 0 saturated carbocycles. The molecular weight excluding hydrogens is 320 g/mol. The second-order valence-electron chi connectivity index (χ2n) is 7.80. The number of hydrogen-bond acceptors (Lipinski definition) is 2. The minimum absolute atomic E-state index is 0.203. The van der Waals surface area contributed by atoms with Gasteiger partial charge >= 0.3 is 0 Å². The van der Waals surface area contributed by atoms with Gasteiger partial charge in [0, 0.05) is 19.5 Å². The average molecular weight is 369 g/mol. The van der Waals surface area contributed by atoms with E-state index in [1.165, 1.54) is 96.3 Å². The van der Waals surface area contributed by atoms with Crippen LogP contribution in [-0.4, -0.2) is 25.5 Å². The van der Waals surface area contributed by atoms with Crippen LogP contribution in [0.4, 0.5) is 0 Å². The summed E-state index contributed by atoms with van der Waals surface area (Å²) in [5, 5.41) is 6.41. The molecular formula is C23H48N2O. The van der Waals surface area contributed by atoms with E-state index in [4.69, 9.17) is 0 Å². The third kappa shape index (κ3) is 21.5. The van der Waals surface area contributed by atoms with Gasteiger partial charge in [-0.2, -0.15) is 0 Å². The lowest BCUT2D eigenvalue weighted by Gasteiger charge is -2.07. The van der Waals surface area contributed by atoms with E-state index in [9.17, 15) is 4.79 Å². The number of rotatable bonds is 21. The standard InChI is InChI=1S/C23H48N2O/c1-3-5-7-9-10-11-12-13-14-15-16-18-21-25-23(26)19-22-24-20-17-8-6-4-2/h24H,3-22H2,1-2H3,(H,25,26). The van der Waals surface area contributed by atoms with Crippen LogP contribution in [0.3, 0.4) is 0 Å². The van der Waals surface area contributed by atoms with Crippen molar-refractivity contribution in [2.24, 2.45) is 0 Å². The van der Waals surface area contributed by atoms with Crippen molar-refractivity contribution in [3.63, 3.8) is 0 Å². The molecule has 0 spiro atoms. The number of amides is 1. The maximum atomic E-state index is 11.7. The summed E-state index contributed by atoms with van der Waals surface area (Å²) in [6.07, 6.45) is 22.1. The second kappa shape index (κ2) is 22.5. The van der Waals surface area contributed by atoms with E-state index in [1.54, 1.807) is 0 Å². The lowest BCUT2D eigenvalue weighted by atomic mass is 10.1. The van der Waals surface area contributed by atoms with Crippen molar-refractivity contribution in [1.82, 2.24) is 10.6 Å². The fraction of sp³-hybridized carbons (Fsp3) is 0.957. The SMILES string of the molecule is CCCCCCCCCCCCCCNC(=O)CCNCCCCCC. The van der Waals surface area contributed by atoms with Crippen molar-refractivity contribution in [1.29, 1.82) is 0 Å². The number of hydrogen-bond donors (Lipinski definition) is 2. The molecule has 0 heterocycles. The van der Waals surface area contributed by atoms with E-state index >= 15 is 0 Å². The Balaban J connectivity index is 3.12. The molecule has 2 N–H and O–H groups in total. The van der Waals surface area contributed by atoms with Gasteiger partial charge in [-0.25, -0.2) is 0 Å². The zero-order chi connectivity index (χ0) is 19.1. The molecule has 0 aromatic heterocycles. The first-order valence-electron chi connectivity index (χ1n) is 11.8. The van der Waals surface area contributed by atoms with Gasteiger partial charge < -0.3 is 10.6 Å². The van der Waals surface area contributed by atoms with E-state index in [1.807, 2.05) is 0 Å². The molecule has 3 nitrogen and oxygen atoms in total. The summed E-state index contributed by atoms with van der Waals surface area (Å²) in [6, 6.07) is 0. The smallest absolute Gasteiger partial charge is 0.221 e. The molecule has 0 aromatic carbocycles. The van der Waals surface area contributed by atoms with Gasteiger partial charge in [-0.1, -0.05) is 104 Å². The van der Waals surface area contributed by atoms with Gasteiger partial charge in [0.05, 0.1) is 0 Å². The second-order valence-corrected chi connectivity index (χ2v) is 7.80. The van der Waals surface area contributed by atoms with Gasteiger partial charge in [-0.3, -0.25) is 4.79 Å². The molecule has 0 atom stereocenters. The minimum Gasteiger partial charge on any atom is -0.356 e. The van der Waals surface area contributed by atoms with Crippen LogP contribution in [0.1, 0.15) is 123 Å². The van der Waals surface area contributed by atoms with Crippen molar-refractivity contribution in [2.45, 2.75) is 123 Å². The third-order valence-corrected chi connectivity index (χ3v) is 5.09. The van der Waals surface area contributed by atoms with Crippen molar-refractivity contribution >= 4 is 5.91 Å². The van der Waals surface area contributed by atoms with Gasteiger partial charge in [0.1, 0.15) is 0 Å². The molecule has 0 saturated heterocycles. The van der Waals surface area contributed by atoms with E-state index in [0.717, 1.165) is 26.1 Å². The quantitative estimate of drug-likeness (QED) is 0.231.